The van der Waals surface area contributed by atoms with Crippen molar-refractivity contribution in [2.45, 2.75) is 51.6 Å². The molecule has 1 saturated heterocycles. The van der Waals surface area contributed by atoms with Crippen LogP contribution in [0.2, 0.25) is 0 Å². The number of carbonyl (C=O) groups excluding carboxylic acids is 1. The van der Waals surface area contributed by atoms with E-state index in [0.717, 1.165) is 37.0 Å². The molecule has 1 fully saturated rings. The molecule has 2 rings (SSSR count). The van der Waals surface area contributed by atoms with Gasteiger partial charge in [0, 0.05) is 24.5 Å². The maximum Gasteiger partial charge on any atom is 0.270 e. The Morgan fingerprint density at radius 1 is 1.43 bits per heavy atom. The van der Waals surface area contributed by atoms with Crippen molar-refractivity contribution in [1.82, 2.24) is 15.2 Å². The summed E-state index contributed by atoms with van der Waals surface area (Å²) in [4.78, 5) is 18.6. The van der Waals surface area contributed by atoms with Gasteiger partial charge in [-0.1, -0.05) is 6.42 Å². The number of hydrogen-bond donors (Lipinski definition) is 2. The number of halogens is 2. The molecular weight excluding hydrogens is 355 g/mol. The molecule has 1 aromatic heterocycles. The van der Waals surface area contributed by atoms with E-state index in [9.17, 15) is 4.79 Å². The van der Waals surface area contributed by atoms with E-state index < -0.39 is 0 Å². The van der Waals surface area contributed by atoms with E-state index in [4.69, 9.17) is 5.73 Å². The maximum absolute atomic E-state index is 11.9. The first-order valence-electron chi connectivity index (χ1n) is 7.87. The molecule has 1 aromatic rings. The zero-order valence-electron chi connectivity index (χ0n) is 13.6. The second-order valence-corrected chi connectivity index (χ2v) is 6.62. The fraction of sp³-hybridized carbons (Fsp3) is 0.733. The van der Waals surface area contributed by atoms with E-state index >= 15 is 0 Å². The lowest BCUT2D eigenvalue weighted by molar-refractivity contribution is 0.0947. The summed E-state index contributed by atoms with van der Waals surface area (Å²) in [5.41, 5.74) is 5.99. The zero-order chi connectivity index (χ0) is 15.1. The Balaban J connectivity index is 0.00000242. The number of rotatable bonds is 7. The van der Waals surface area contributed by atoms with E-state index in [1.54, 1.807) is 5.38 Å². The van der Waals surface area contributed by atoms with Gasteiger partial charge in [0.1, 0.15) is 10.7 Å². The summed E-state index contributed by atoms with van der Waals surface area (Å²) in [6, 6.07) is 0.720. The number of amides is 1. The highest BCUT2D eigenvalue weighted by Crippen LogP contribution is 2.16. The van der Waals surface area contributed by atoms with Crippen molar-refractivity contribution in [3.8, 4) is 0 Å². The van der Waals surface area contributed by atoms with Crippen LogP contribution in [0.4, 0.5) is 0 Å². The summed E-state index contributed by atoms with van der Waals surface area (Å²) < 4.78 is 0. The maximum atomic E-state index is 11.9. The molecule has 5 nitrogen and oxygen atoms in total. The molecular formula is C15H28Cl2N4OS. The number of aromatic nitrogens is 1. The molecule has 1 aliphatic heterocycles. The van der Waals surface area contributed by atoms with Gasteiger partial charge in [0.2, 0.25) is 0 Å². The molecule has 1 aliphatic rings. The van der Waals surface area contributed by atoms with E-state index in [0.29, 0.717) is 12.2 Å². The van der Waals surface area contributed by atoms with E-state index in [1.165, 1.54) is 37.1 Å². The third-order valence-corrected chi connectivity index (χ3v) is 4.93. The zero-order valence-corrected chi connectivity index (χ0v) is 16.1. The molecule has 0 aliphatic carbocycles. The first kappa shape index (κ1) is 22.6. The monoisotopic (exact) mass is 382 g/mol. The van der Waals surface area contributed by atoms with Crippen molar-refractivity contribution in [3.05, 3.63) is 16.1 Å². The fourth-order valence-corrected chi connectivity index (χ4v) is 3.39. The topological polar surface area (TPSA) is 71.2 Å². The molecule has 2 heterocycles. The van der Waals surface area contributed by atoms with Crippen LogP contribution < -0.4 is 11.1 Å². The van der Waals surface area contributed by atoms with Gasteiger partial charge in [-0.05, 0) is 45.7 Å². The number of carbonyl (C=O) groups is 1. The van der Waals surface area contributed by atoms with Crippen molar-refractivity contribution in [2.24, 2.45) is 5.73 Å². The Kier molecular flexibility index (Phi) is 11.8. The van der Waals surface area contributed by atoms with Crippen LogP contribution in [0.15, 0.2) is 5.38 Å². The van der Waals surface area contributed by atoms with Crippen LogP contribution in [0.5, 0.6) is 0 Å². The number of hydrogen-bond acceptors (Lipinski definition) is 5. The number of nitrogens with two attached hydrogens (primary N) is 1. The number of nitrogens with one attached hydrogen (secondary N) is 1. The molecule has 1 amide bonds. The Bertz CT molecular complexity index is 458. The molecule has 0 aromatic carbocycles. The van der Waals surface area contributed by atoms with Crippen molar-refractivity contribution in [2.75, 3.05) is 19.6 Å². The van der Waals surface area contributed by atoms with Crippen LogP contribution >= 0.6 is 36.2 Å². The number of nitrogens with zero attached hydrogens (tertiary/aromatic N) is 2. The largest absolute Gasteiger partial charge is 0.351 e. The molecule has 3 N–H and O–H groups in total. The summed E-state index contributed by atoms with van der Waals surface area (Å²) >= 11 is 1.44. The van der Waals surface area contributed by atoms with Crippen LogP contribution in [0.1, 0.15) is 54.5 Å². The van der Waals surface area contributed by atoms with Gasteiger partial charge in [-0.25, -0.2) is 4.98 Å². The lowest BCUT2D eigenvalue weighted by atomic mass is 10.0. The second-order valence-electron chi connectivity index (χ2n) is 5.67. The summed E-state index contributed by atoms with van der Waals surface area (Å²) in [6.07, 6.45) is 6.17. The smallest absolute Gasteiger partial charge is 0.270 e. The number of unbranched alkanes of at least 4 members (excludes halogenated alkanes) is 1. The summed E-state index contributed by atoms with van der Waals surface area (Å²) in [5.74, 6) is -0.0858. The normalized spacial score (nSPS) is 17.9. The van der Waals surface area contributed by atoms with Gasteiger partial charge in [-0.3, -0.25) is 4.79 Å². The quantitative estimate of drug-likeness (QED) is 0.711. The molecule has 134 valence electrons. The van der Waals surface area contributed by atoms with Gasteiger partial charge < -0.3 is 16.0 Å². The lowest BCUT2D eigenvalue weighted by Gasteiger charge is -2.33. The van der Waals surface area contributed by atoms with Gasteiger partial charge in [0.25, 0.3) is 5.91 Å². The predicted octanol–water partition coefficient (Wildman–Crippen LogP) is 2.83. The van der Waals surface area contributed by atoms with E-state index in [2.05, 4.69) is 22.1 Å². The first-order chi connectivity index (χ1) is 10.2. The van der Waals surface area contributed by atoms with Gasteiger partial charge >= 0.3 is 0 Å². The molecule has 1 unspecified atom stereocenters. The molecule has 1 atom stereocenters. The van der Waals surface area contributed by atoms with Crippen LogP contribution in [0.25, 0.3) is 0 Å². The summed E-state index contributed by atoms with van der Waals surface area (Å²) in [5, 5.41) is 5.51. The number of likely N-dealkylation sites (tertiary alicyclic amines) is 1. The molecule has 0 bridgehead atoms. The van der Waals surface area contributed by atoms with Crippen LogP contribution in [0.3, 0.4) is 0 Å². The third kappa shape index (κ3) is 7.35. The molecule has 0 spiro atoms. The average molecular weight is 383 g/mol. The van der Waals surface area contributed by atoms with Crippen molar-refractivity contribution in [3.63, 3.8) is 0 Å². The minimum Gasteiger partial charge on any atom is -0.351 e. The number of piperidine rings is 1. The Morgan fingerprint density at radius 2 is 2.22 bits per heavy atom. The molecule has 23 heavy (non-hydrogen) atoms. The Morgan fingerprint density at radius 3 is 2.87 bits per heavy atom. The van der Waals surface area contributed by atoms with Crippen molar-refractivity contribution in [1.29, 1.82) is 0 Å². The average Bonchev–Trinajstić information content (AvgIpc) is 2.97. The van der Waals surface area contributed by atoms with Crippen molar-refractivity contribution >= 4 is 42.1 Å². The van der Waals surface area contributed by atoms with Crippen LogP contribution in [-0.2, 0) is 6.54 Å². The highest BCUT2D eigenvalue weighted by molar-refractivity contribution is 7.09. The molecule has 0 saturated carbocycles. The SMILES string of the molecule is CC1CCCCN1CCCCNC(=O)c1csc(CN)n1.Cl.Cl. The minimum atomic E-state index is -0.0858. The van der Waals surface area contributed by atoms with E-state index in [1.807, 2.05) is 0 Å². The first-order valence-corrected chi connectivity index (χ1v) is 8.75. The molecule has 8 heteroatoms. The summed E-state index contributed by atoms with van der Waals surface area (Å²) in [7, 11) is 0. The minimum absolute atomic E-state index is 0. The standard InChI is InChI=1S/C15H26N4OS.2ClH/c1-12-6-2-4-8-19(12)9-5-3-7-17-15(20)13-11-21-14(10-16)18-13;;/h11-12H,2-10,16H2,1H3,(H,17,20);2*1H. The lowest BCUT2D eigenvalue weighted by Crippen LogP contribution is -2.38. The third-order valence-electron chi connectivity index (χ3n) is 4.06. The van der Waals surface area contributed by atoms with Gasteiger partial charge in [-0.2, -0.15) is 0 Å². The Labute approximate surface area is 155 Å². The van der Waals surface area contributed by atoms with Crippen molar-refractivity contribution < 1.29 is 4.79 Å². The second kappa shape index (κ2) is 12.0. The van der Waals surface area contributed by atoms with Gasteiger partial charge in [0.05, 0.1) is 0 Å². The Hall–Kier alpha value is -0.400. The summed E-state index contributed by atoms with van der Waals surface area (Å²) in [6.45, 7) is 5.81. The molecule has 0 radical (unpaired) electrons. The highest BCUT2D eigenvalue weighted by atomic mass is 35.5. The van der Waals surface area contributed by atoms with Gasteiger partial charge in [-0.15, -0.1) is 36.2 Å². The number of thiazole rings is 1. The van der Waals surface area contributed by atoms with Gasteiger partial charge in [0.15, 0.2) is 0 Å². The highest BCUT2D eigenvalue weighted by Gasteiger charge is 2.17. The van der Waals surface area contributed by atoms with Crippen LogP contribution in [0, 0.1) is 0 Å². The predicted molar refractivity (Wildman–Crippen MR) is 101 cm³/mol. The van der Waals surface area contributed by atoms with E-state index in [-0.39, 0.29) is 30.7 Å². The fourth-order valence-electron chi connectivity index (χ4n) is 2.73. The van der Waals surface area contributed by atoms with Crippen LogP contribution in [-0.4, -0.2) is 41.5 Å².